The lowest BCUT2D eigenvalue weighted by Crippen LogP contribution is -2.43. The Labute approximate surface area is 118 Å². The molecule has 0 spiro atoms. The molecule has 0 radical (unpaired) electrons. The van der Waals surface area contributed by atoms with Crippen LogP contribution in [0.5, 0.6) is 0 Å². The second-order valence-corrected chi connectivity index (χ2v) is 5.35. The lowest BCUT2D eigenvalue weighted by Gasteiger charge is -2.34. The first kappa shape index (κ1) is 13.1. The maximum Gasteiger partial charge on any atom is 0.123 e. The van der Waals surface area contributed by atoms with Gasteiger partial charge in [-0.25, -0.2) is 4.39 Å². The van der Waals surface area contributed by atoms with Gasteiger partial charge in [0.25, 0.3) is 0 Å². The van der Waals surface area contributed by atoms with Gasteiger partial charge in [0.05, 0.1) is 6.04 Å². The number of fused-ring (bicyclic) bond motifs is 1. The van der Waals surface area contributed by atoms with E-state index in [2.05, 4.69) is 11.4 Å². The highest BCUT2D eigenvalue weighted by Gasteiger charge is 2.40. The maximum atomic E-state index is 13.5. The topological polar surface area (TPSA) is 32.3 Å². The molecule has 0 saturated carbocycles. The third kappa shape index (κ3) is 2.08. The van der Waals surface area contributed by atoms with Crippen molar-refractivity contribution in [3.63, 3.8) is 0 Å². The van der Waals surface area contributed by atoms with E-state index in [1.54, 1.807) is 12.1 Å². The van der Waals surface area contributed by atoms with E-state index in [-0.39, 0.29) is 11.9 Å². The zero-order valence-electron chi connectivity index (χ0n) is 11.4. The Morgan fingerprint density at radius 1 is 1.25 bits per heavy atom. The van der Waals surface area contributed by atoms with Crippen molar-refractivity contribution < 1.29 is 9.50 Å². The van der Waals surface area contributed by atoms with E-state index in [9.17, 15) is 9.50 Å². The van der Waals surface area contributed by atoms with Crippen LogP contribution in [0.2, 0.25) is 0 Å². The second-order valence-electron chi connectivity index (χ2n) is 5.35. The van der Waals surface area contributed by atoms with Gasteiger partial charge in [0.15, 0.2) is 0 Å². The van der Waals surface area contributed by atoms with Crippen molar-refractivity contribution in [1.29, 1.82) is 0 Å². The molecule has 2 unspecified atom stereocenters. The summed E-state index contributed by atoms with van der Waals surface area (Å²) in [6.07, 6.45) is 1.28. The van der Waals surface area contributed by atoms with Gasteiger partial charge in [0, 0.05) is 5.69 Å². The fraction of sp³-hybridized carbons (Fsp3) is 0.294. The lowest BCUT2D eigenvalue weighted by atomic mass is 9.82. The average Bonchev–Trinajstić information content (AvgIpc) is 2.91. The van der Waals surface area contributed by atoms with Gasteiger partial charge in [-0.2, -0.15) is 0 Å². The van der Waals surface area contributed by atoms with Gasteiger partial charge in [0.2, 0.25) is 0 Å². The van der Waals surface area contributed by atoms with Gasteiger partial charge in [-0.05, 0) is 42.2 Å². The van der Waals surface area contributed by atoms with Crippen molar-refractivity contribution in [2.45, 2.75) is 31.4 Å². The van der Waals surface area contributed by atoms with Crippen molar-refractivity contribution in [1.82, 2.24) is 0 Å². The summed E-state index contributed by atoms with van der Waals surface area (Å²) < 4.78 is 13.5. The van der Waals surface area contributed by atoms with Crippen LogP contribution >= 0.6 is 0 Å². The van der Waals surface area contributed by atoms with Crippen molar-refractivity contribution in [3.05, 3.63) is 65.5 Å². The summed E-state index contributed by atoms with van der Waals surface area (Å²) in [4.78, 5) is 0. The SMILES string of the molecule is CCC(O)(c1cccc(F)c1)C1Cc2ccccc2N1. The van der Waals surface area contributed by atoms with E-state index in [1.807, 2.05) is 25.1 Å². The molecule has 0 aromatic heterocycles. The van der Waals surface area contributed by atoms with E-state index >= 15 is 0 Å². The number of benzene rings is 2. The number of anilines is 1. The molecule has 0 amide bonds. The fourth-order valence-electron chi connectivity index (χ4n) is 3.00. The van der Waals surface area contributed by atoms with Crippen LogP contribution in [0.1, 0.15) is 24.5 Å². The van der Waals surface area contributed by atoms with Crippen LogP contribution in [0.25, 0.3) is 0 Å². The van der Waals surface area contributed by atoms with E-state index in [4.69, 9.17) is 0 Å². The first-order valence-corrected chi connectivity index (χ1v) is 6.96. The Bertz CT molecular complexity index is 603. The predicted molar refractivity (Wildman–Crippen MR) is 78.1 cm³/mol. The standard InChI is InChI=1S/C17H18FNO/c1-2-17(20,13-7-5-8-14(18)11-13)16-10-12-6-3-4-9-15(12)19-16/h3-9,11,16,19-20H,2,10H2,1H3. The number of halogens is 1. The van der Waals surface area contributed by atoms with Crippen LogP contribution in [-0.2, 0) is 12.0 Å². The van der Waals surface area contributed by atoms with E-state index in [0.717, 1.165) is 12.1 Å². The second kappa shape index (κ2) is 4.91. The Morgan fingerprint density at radius 3 is 2.75 bits per heavy atom. The van der Waals surface area contributed by atoms with Crippen LogP contribution < -0.4 is 5.32 Å². The summed E-state index contributed by atoms with van der Waals surface area (Å²) in [5.41, 5.74) is 1.81. The molecule has 0 bridgehead atoms. The molecule has 0 fully saturated rings. The molecule has 2 aromatic carbocycles. The van der Waals surface area contributed by atoms with Crippen LogP contribution in [0.4, 0.5) is 10.1 Å². The Balaban J connectivity index is 1.95. The van der Waals surface area contributed by atoms with Crippen molar-refractivity contribution in [2.75, 3.05) is 5.32 Å². The van der Waals surface area contributed by atoms with Gasteiger partial charge in [-0.15, -0.1) is 0 Å². The first-order valence-electron chi connectivity index (χ1n) is 6.96. The molecular formula is C17H18FNO. The monoisotopic (exact) mass is 271 g/mol. The zero-order valence-corrected chi connectivity index (χ0v) is 11.4. The molecule has 104 valence electrons. The van der Waals surface area contributed by atoms with Crippen molar-refractivity contribution >= 4 is 5.69 Å². The number of para-hydroxylation sites is 1. The van der Waals surface area contributed by atoms with Gasteiger partial charge >= 0.3 is 0 Å². The van der Waals surface area contributed by atoms with E-state index < -0.39 is 5.60 Å². The number of hydrogen-bond acceptors (Lipinski definition) is 2. The summed E-state index contributed by atoms with van der Waals surface area (Å²) in [6.45, 7) is 1.93. The van der Waals surface area contributed by atoms with Crippen molar-refractivity contribution in [3.8, 4) is 0 Å². The predicted octanol–water partition coefficient (Wildman–Crippen LogP) is 3.46. The molecule has 20 heavy (non-hydrogen) atoms. The van der Waals surface area contributed by atoms with E-state index in [1.165, 1.54) is 17.7 Å². The molecule has 2 atom stereocenters. The lowest BCUT2D eigenvalue weighted by molar-refractivity contribution is 0.0139. The Kier molecular flexibility index (Phi) is 3.22. The molecule has 0 aliphatic carbocycles. The van der Waals surface area contributed by atoms with Gasteiger partial charge < -0.3 is 10.4 Å². The fourth-order valence-corrected chi connectivity index (χ4v) is 3.00. The number of rotatable bonds is 3. The van der Waals surface area contributed by atoms with E-state index in [0.29, 0.717) is 12.0 Å². The minimum atomic E-state index is -1.07. The number of nitrogens with one attached hydrogen (secondary N) is 1. The highest BCUT2D eigenvalue weighted by molar-refractivity contribution is 5.58. The van der Waals surface area contributed by atoms with Crippen LogP contribution in [0.15, 0.2) is 48.5 Å². The molecule has 2 N–H and O–H groups in total. The maximum absolute atomic E-state index is 13.5. The summed E-state index contributed by atoms with van der Waals surface area (Å²) in [6, 6.07) is 14.2. The molecule has 3 rings (SSSR count). The minimum absolute atomic E-state index is 0.133. The van der Waals surface area contributed by atoms with Crippen LogP contribution in [-0.4, -0.2) is 11.1 Å². The van der Waals surface area contributed by atoms with Gasteiger partial charge in [-0.1, -0.05) is 37.3 Å². The third-order valence-corrected chi connectivity index (χ3v) is 4.21. The first-order chi connectivity index (χ1) is 9.63. The van der Waals surface area contributed by atoms with Gasteiger partial charge in [0.1, 0.15) is 11.4 Å². The van der Waals surface area contributed by atoms with Gasteiger partial charge in [-0.3, -0.25) is 0 Å². The van der Waals surface area contributed by atoms with Crippen molar-refractivity contribution in [2.24, 2.45) is 0 Å². The molecule has 1 aliphatic heterocycles. The zero-order chi connectivity index (χ0) is 14.2. The number of hydrogen-bond donors (Lipinski definition) is 2. The third-order valence-electron chi connectivity index (χ3n) is 4.21. The molecular weight excluding hydrogens is 253 g/mol. The molecule has 1 heterocycles. The molecule has 0 saturated heterocycles. The number of aliphatic hydroxyl groups is 1. The summed E-state index contributed by atoms with van der Waals surface area (Å²) in [7, 11) is 0. The summed E-state index contributed by atoms with van der Waals surface area (Å²) in [5, 5.41) is 14.4. The summed E-state index contributed by atoms with van der Waals surface area (Å²) >= 11 is 0. The molecule has 2 nitrogen and oxygen atoms in total. The van der Waals surface area contributed by atoms with Crippen LogP contribution in [0, 0.1) is 5.82 Å². The Hall–Kier alpha value is -1.87. The Morgan fingerprint density at radius 2 is 2.05 bits per heavy atom. The normalized spacial score (nSPS) is 20.1. The largest absolute Gasteiger partial charge is 0.383 e. The van der Waals surface area contributed by atoms with Crippen LogP contribution in [0.3, 0.4) is 0 Å². The average molecular weight is 271 g/mol. The molecule has 2 aromatic rings. The summed E-state index contributed by atoms with van der Waals surface area (Å²) in [5.74, 6) is -0.315. The quantitative estimate of drug-likeness (QED) is 0.896. The molecule has 1 aliphatic rings. The smallest absolute Gasteiger partial charge is 0.123 e. The molecule has 3 heteroatoms. The highest BCUT2D eigenvalue weighted by Crippen LogP contribution is 2.38. The highest BCUT2D eigenvalue weighted by atomic mass is 19.1. The minimum Gasteiger partial charge on any atom is -0.383 e.